The van der Waals surface area contributed by atoms with E-state index in [1.165, 1.54) is 35.6 Å². The van der Waals surface area contributed by atoms with Crippen molar-refractivity contribution in [3.8, 4) is 34.5 Å². The molecule has 0 bridgehead atoms. The number of hydrogen-bond donors (Lipinski definition) is 0. The molecule has 3 aromatic carbocycles. The molecule has 40 heavy (non-hydrogen) atoms. The second-order valence-electron chi connectivity index (χ2n) is 10.1. The lowest BCUT2D eigenvalue weighted by molar-refractivity contribution is -0.140. The quantitative estimate of drug-likeness (QED) is 0.165. The Labute approximate surface area is 237 Å². The van der Waals surface area contributed by atoms with E-state index >= 15 is 0 Å². The molecule has 0 fully saturated rings. The number of carbonyl (C=O) groups excluding carboxylic acids is 1. The molecule has 0 spiro atoms. The van der Waals surface area contributed by atoms with Gasteiger partial charge in [-0.25, -0.2) is 8.42 Å². The third-order valence-electron chi connectivity index (χ3n) is 6.97. The van der Waals surface area contributed by atoms with Crippen molar-refractivity contribution in [1.82, 2.24) is 0 Å². The summed E-state index contributed by atoms with van der Waals surface area (Å²) < 4.78 is 39.5. The highest BCUT2D eigenvalue weighted by atomic mass is 32.2. The lowest BCUT2D eigenvalue weighted by Crippen LogP contribution is -2.08. The van der Waals surface area contributed by atoms with E-state index in [-0.39, 0.29) is 24.1 Å². The molecule has 1 unspecified atom stereocenters. The van der Waals surface area contributed by atoms with Gasteiger partial charge in [-0.3, -0.25) is 4.79 Å². The Morgan fingerprint density at radius 2 is 1.68 bits per heavy atom. The van der Waals surface area contributed by atoms with Gasteiger partial charge in [-0.15, -0.1) is 5.92 Å². The molecule has 0 aromatic heterocycles. The fourth-order valence-corrected chi connectivity index (χ4v) is 5.57. The number of esters is 1. The van der Waals surface area contributed by atoms with E-state index in [0.29, 0.717) is 19.6 Å². The molecule has 6 nitrogen and oxygen atoms in total. The lowest BCUT2D eigenvalue weighted by Gasteiger charge is -2.14. The van der Waals surface area contributed by atoms with E-state index in [9.17, 15) is 13.2 Å². The highest BCUT2D eigenvalue weighted by Gasteiger charge is 2.17. The van der Waals surface area contributed by atoms with E-state index in [1.807, 2.05) is 30.3 Å². The molecule has 0 heterocycles. The van der Waals surface area contributed by atoms with Crippen molar-refractivity contribution in [2.75, 3.05) is 25.7 Å². The van der Waals surface area contributed by atoms with Gasteiger partial charge in [0.05, 0.1) is 31.8 Å². The van der Waals surface area contributed by atoms with Gasteiger partial charge in [0.25, 0.3) is 0 Å². The summed E-state index contributed by atoms with van der Waals surface area (Å²) in [5.41, 5.74) is 7.02. The van der Waals surface area contributed by atoms with E-state index in [0.717, 1.165) is 41.9 Å². The van der Waals surface area contributed by atoms with Crippen LogP contribution < -0.4 is 9.47 Å². The zero-order chi connectivity index (χ0) is 28.5. The van der Waals surface area contributed by atoms with Crippen molar-refractivity contribution < 1.29 is 27.4 Å². The predicted octanol–water partition coefficient (Wildman–Crippen LogP) is 5.90. The third kappa shape index (κ3) is 8.12. The molecule has 0 saturated heterocycles. The second kappa shape index (κ2) is 13.5. The summed E-state index contributed by atoms with van der Waals surface area (Å²) in [6.45, 7) is 2.57. The molecule has 3 aromatic rings. The van der Waals surface area contributed by atoms with Crippen LogP contribution >= 0.6 is 0 Å². The summed E-state index contributed by atoms with van der Waals surface area (Å²) in [5, 5.41) is 0. The van der Waals surface area contributed by atoms with Crippen LogP contribution in [0.4, 0.5) is 0 Å². The van der Waals surface area contributed by atoms with Gasteiger partial charge in [0.2, 0.25) is 0 Å². The Hall–Kier alpha value is -3.76. The number of ether oxygens (including phenoxy) is 3. The van der Waals surface area contributed by atoms with Crippen molar-refractivity contribution in [1.29, 1.82) is 0 Å². The van der Waals surface area contributed by atoms with Gasteiger partial charge in [0.15, 0.2) is 0 Å². The van der Waals surface area contributed by atoms with Crippen molar-refractivity contribution in [3.05, 3.63) is 82.9 Å². The zero-order valence-electron chi connectivity index (χ0n) is 23.4. The first-order valence-electron chi connectivity index (χ1n) is 13.5. The number of hydrogen-bond acceptors (Lipinski definition) is 6. The smallest absolute Gasteiger partial charge is 0.307 e. The van der Waals surface area contributed by atoms with E-state index in [1.54, 1.807) is 6.92 Å². The summed E-state index contributed by atoms with van der Waals surface area (Å²) in [6, 6.07) is 20.4. The van der Waals surface area contributed by atoms with Gasteiger partial charge < -0.3 is 14.2 Å². The zero-order valence-corrected chi connectivity index (χ0v) is 24.2. The molecule has 0 N–H and O–H groups in total. The molecule has 1 aliphatic carbocycles. The average molecular weight is 561 g/mol. The normalized spacial score (nSPS) is 13.1. The molecular weight excluding hydrogens is 524 g/mol. The number of benzene rings is 3. The summed E-state index contributed by atoms with van der Waals surface area (Å²) in [7, 11) is -1.60. The fourth-order valence-electron chi connectivity index (χ4n) is 4.93. The molecule has 1 atom stereocenters. The van der Waals surface area contributed by atoms with E-state index < -0.39 is 9.84 Å². The summed E-state index contributed by atoms with van der Waals surface area (Å²) in [6.07, 6.45) is 4.96. The van der Waals surface area contributed by atoms with Crippen LogP contribution in [0.5, 0.6) is 11.5 Å². The SMILES string of the molecule is CC#CC(CC(=O)OC)c1ccc(OCc2ccc3c(c2)-c2ccc(OCCCS(C)(=O)=O)cc2CCC3)cc1. The summed E-state index contributed by atoms with van der Waals surface area (Å²) >= 11 is 0. The van der Waals surface area contributed by atoms with Gasteiger partial charge in [-0.1, -0.05) is 36.3 Å². The molecule has 7 heteroatoms. The van der Waals surface area contributed by atoms with Crippen LogP contribution in [0.2, 0.25) is 0 Å². The molecule has 4 rings (SSSR count). The van der Waals surface area contributed by atoms with Gasteiger partial charge in [-0.2, -0.15) is 0 Å². The first kappa shape index (κ1) is 29.2. The molecule has 0 amide bonds. The van der Waals surface area contributed by atoms with Crippen LogP contribution in [0.15, 0.2) is 60.7 Å². The standard InChI is InChI=1S/C33H36O6S/c1-4-7-27(22-33(34)37-2)25-12-14-29(15-13-25)39-23-24-10-11-26-8-5-9-28-21-30(16-17-31(28)32(26)20-24)38-18-6-19-40(3,35)36/h10-17,20-21,27H,5-6,8-9,18-19,22-23H2,1-3H3. The second-order valence-corrected chi connectivity index (χ2v) is 12.3. The van der Waals surface area contributed by atoms with Gasteiger partial charge >= 0.3 is 5.97 Å². The van der Waals surface area contributed by atoms with Crippen LogP contribution in [-0.2, 0) is 38.8 Å². The predicted molar refractivity (Wildman–Crippen MR) is 157 cm³/mol. The summed E-state index contributed by atoms with van der Waals surface area (Å²) in [5.74, 6) is 7.13. The third-order valence-corrected chi connectivity index (χ3v) is 8.00. The van der Waals surface area contributed by atoms with Crippen LogP contribution in [0.1, 0.15) is 54.4 Å². The highest BCUT2D eigenvalue weighted by molar-refractivity contribution is 7.90. The average Bonchev–Trinajstić information content (AvgIpc) is 3.12. The maximum Gasteiger partial charge on any atom is 0.307 e. The van der Waals surface area contributed by atoms with Crippen LogP contribution in [0, 0.1) is 11.8 Å². The van der Waals surface area contributed by atoms with Gasteiger partial charge in [-0.05, 0) is 96.3 Å². The Balaban J connectivity index is 1.43. The topological polar surface area (TPSA) is 78.9 Å². The number of fused-ring (bicyclic) bond motifs is 3. The highest BCUT2D eigenvalue weighted by Crippen LogP contribution is 2.35. The molecular formula is C33H36O6S. The molecule has 0 aliphatic heterocycles. The monoisotopic (exact) mass is 560 g/mol. The fraction of sp³-hybridized carbons (Fsp3) is 0.364. The first-order valence-corrected chi connectivity index (χ1v) is 15.6. The minimum Gasteiger partial charge on any atom is -0.494 e. The van der Waals surface area contributed by atoms with Crippen LogP contribution in [-0.4, -0.2) is 40.1 Å². The molecule has 1 aliphatic rings. The summed E-state index contributed by atoms with van der Waals surface area (Å²) in [4.78, 5) is 11.8. The lowest BCUT2D eigenvalue weighted by atomic mass is 9.95. The maximum absolute atomic E-state index is 11.8. The number of methoxy groups -OCH3 is 1. The van der Waals surface area contributed by atoms with E-state index in [2.05, 4.69) is 42.2 Å². The molecule has 0 saturated carbocycles. The Kier molecular flexibility index (Phi) is 9.89. The minimum atomic E-state index is -2.98. The van der Waals surface area contributed by atoms with Crippen molar-refractivity contribution in [2.45, 2.75) is 51.6 Å². The number of carbonyl (C=O) groups is 1. The maximum atomic E-state index is 11.8. The number of rotatable bonds is 11. The molecule has 0 radical (unpaired) electrons. The van der Waals surface area contributed by atoms with Gasteiger partial charge in [0.1, 0.15) is 27.9 Å². The molecule has 210 valence electrons. The first-order chi connectivity index (χ1) is 19.3. The largest absolute Gasteiger partial charge is 0.494 e. The van der Waals surface area contributed by atoms with Crippen molar-refractivity contribution >= 4 is 15.8 Å². The number of aryl methyl sites for hydroxylation is 2. The van der Waals surface area contributed by atoms with Crippen LogP contribution in [0.25, 0.3) is 11.1 Å². The van der Waals surface area contributed by atoms with E-state index in [4.69, 9.17) is 14.2 Å². The van der Waals surface area contributed by atoms with Crippen molar-refractivity contribution in [3.63, 3.8) is 0 Å². The van der Waals surface area contributed by atoms with Crippen molar-refractivity contribution in [2.24, 2.45) is 0 Å². The van der Waals surface area contributed by atoms with Gasteiger partial charge in [0, 0.05) is 6.26 Å². The Morgan fingerprint density at radius 3 is 2.40 bits per heavy atom. The van der Waals surface area contributed by atoms with Crippen LogP contribution in [0.3, 0.4) is 0 Å². The Morgan fingerprint density at radius 1 is 0.925 bits per heavy atom. The number of sulfone groups is 1. The minimum absolute atomic E-state index is 0.129. The Bertz CT molecular complexity index is 1500.